The molecule has 1 aromatic rings. The zero-order valence-corrected chi connectivity index (χ0v) is 11.4. The molecule has 1 N–H and O–H groups in total. The van der Waals surface area contributed by atoms with Crippen molar-refractivity contribution in [3.8, 4) is 0 Å². The largest absolute Gasteiger partial charge is 0.325 e. The zero-order valence-electron chi connectivity index (χ0n) is 10.6. The van der Waals surface area contributed by atoms with Crippen molar-refractivity contribution in [2.75, 3.05) is 18.1 Å². The Labute approximate surface area is 114 Å². The summed E-state index contributed by atoms with van der Waals surface area (Å²) in [5.74, 6) is -2.34. The number of amides is 1. The minimum absolute atomic E-state index is 0.118. The van der Waals surface area contributed by atoms with E-state index in [1.807, 2.05) is 13.2 Å². The molecule has 2 atom stereocenters. The lowest BCUT2D eigenvalue weighted by atomic mass is 9.97. The van der Waals surface area contributed by atoms with Crippen LogP contribution in [0, 0.1) is 23.5 Å². The Hall–Kier alpha value is -1.43. The number of hydrogen-bond donors (Lipinski definition) is 1. The molecule has 1 amide bonds. The van der Waals surface area contributed by atoms with E-state index in [0.717, 1.165) is 17.2 Å². The molecule has 1 aliphatic rings. The van der Waals surface area contributed by atoms with Crippen molar-refractivity contribution in [3.63, 3.8) is 0 Å². The topological polar surface area (TPSA) is 41.5 Å². The molecular formula is C13H14F2N2OS. The molecular weight excluding hydrogens is 270 g/mol. The summed E-state index contributed by atoms with van der Waals surface area (Å²) in [5, 5.41) is 3.39. The van der Waals surface area contributed by atoms with E-state index in [0.29, 0.717) is 6.54 Å². The summed E-state index contributed by atoms with van der Waals surface area (Å²) in [6, 6.07) is 3.31. The Morgan fingerprint density at radius 1 is 1.42 bits per heavy atom. The first-order valence-corrected chi connectivity index (χ1v) is 7.09. The number of nitrogens with one attached hydrogen (secondary N) is 1. The molecule has 0 spiro atoms. The Bertz CT molecular complexity index is 533. The Balaban J connectivity index is 2.12. The van der Waals surface area contributed by atoms with Gasteiger partial charge < -0.3 is 5.32 Å². The minimum Gasteiger partial charge on any atom is -0.325 e. The van der Waals surface area contributed by atoms with Crippen molar-refractivity contribution in [1.82, 2.24) is 0 Å². The van der Waals surface area contributed by atoms with Crippen LogP contribution >= 0.6 is 11.8 Å². The van der Waals surface area contributed by atoms with Gasteiger partial charge in [0.2, 0.25) is 5.91 Å². The number of carbonyl (C=O) groups is 1. The molecule has 2 rings (SSSR count). The van der Waals surface area contributed by atoms with E-state index < -0.39 is 11.6 Å². The predicted molar refractivity (Wildman–Crippen MR) is 73.5 cm³/mol. The van der Waals surface area contributed by atoms with Crippen LogP contribution in [0.15, 0.2) is 23.2 Å². The Morgan fingerprint density at radius 2 is 2.16 bits per heavy atom. The van der Waals surface area contributed by atoms with Gasteiger partial charge in [-0.25, -0.2) is 8.78 Å². The summed E-state index contributed by atoms with van der Waals surface area (Å²) in [6.07, 6.45) is 1.87. The third-order valence-corrected chi connectivity index (χ3v) is 3.85. The first-order valence-electron chi connectivity index (χ1n) is 5.87. The number of benzene rings is 1. The smallest absolute Gasteiger partial charge is 0.234 e. The molecule has 102 valence electrons. The summed E-state index contributed by atoms with van der Waals surface area (Å²) in [6.45, 7) is 2.56. The molecule has 1 aromatic carbocycles. The molecule has 0 aromatic heterocycles. The van der Waals surface area contributed by atoms with Crippen LogP contribution in [-0.2, 0) is 4.79 Å². The third kappa shape index (κ3) is 2.94. The number of hydrogen-bond acceptors (Lipinski definition) is 3. The van der Waals surface area contributed by atoms with Gasteiger partial charge in [0.25, 0.3) is 0 Å². The third-order valence-electron chi connectivity index (χ3n) is 3.05. The highest BCUT2D eigenvalue weighted by molar-refractivity contribution is 8.13. The Morgan fingerprint density at radius 3 is 2.79 bits per heavy atom. The molecule has 0 saturated heterocycles. The van der Waals surface area contributed by atoms with Crippen LogP contribution in [0.1, 0.15) is 6.92 Å². The van der Waals surface area contributed by atoms with Gasteiger partial charge in [-0.2, -0.15) is 0 Å². The highest BCUT2D eigenvalue weighted by Crippen LogP contribution is 2.27. The van der Waals surface area contributed by atoms with Crippen LogP contribution in [0.4, 0.5) is 14.5 Å². The van der Waals surface area contributed by atoms with Crippen molar-refractivity contribution >= 4 is 28.4 Å². The van der Waals surface area contributed by atoms with Crippen LogP contribution in [-0.4, -0.2) is 23.8 Å². The number of aliphatic imine (C=N–C) groups is 1. The standard InChI is InChI=1S/C13H14F2N2OS/c1-7-6-16-13(19-2)11(7)12(18)17-8-3-4-9(14)10(15)5-8/h3-5,7,11H,6H2,1-2H3,(H,17,18). The number of halogens is 2. The molecule has 3 nitrogen and oxygen atoms in total. The maximum atomic E-state index is 13.1. The van der Waals surface area contributed by atoms with E-state index in [1.54, 1.807) is 0 Å². The Kier molecular flexibility index (Phi) is 4.19. The van der Waals surface area contributed by atoms with Crippen LogP contribution < -0.4 is 5.32 Å². The maximum Gasteiger partial charge on any atom is 0.234 e. The first kappa shape index (κ1) is 14.0. The summed E-state index contributed by atoms with van der Waals surface area (Å²) in [5.41, 5.74) is 0.253. The molecule has 6 heteroatoms. The second kappa shape index (κ2) is 5.69. The lowest BCUT2D eigenvalue weighted by molar-refractivity contribution is -0.118. The zero-order chi connectivity index (χ0) is 14.0. The monoisotopic (exact) mass is 284 g/mol. The molecule has 1 heterocycles. The fraction of sp³-hybridized carbons (Fsp3) is 0.385. The lowest BCUT2D eigenvalue weighted by Crippen LogP contribution is -2.30. The highest BCUT2D eigenvalue weighted by Gasteiger charge is 2.34. The average Bonchev–Trinajstić information content (AvgIpc) is 2.75. The molecule has 0 saturated carbocycles. The normalized spacial score (nSPS) is 22.2. The van der Waals surface area contributed by atoms with Gasteiger partial charge in [0.15, 0.2) is 11.6 Å². The van der Waals surface area contributed by atoms with E-state index in [-0.39, 0.29) is 23.4 Å². The number of thioether (sulfide) groups is 1. The van der Waals surface area contributed by atoms with Crippen LogP contribution in [0.2, 0.25) is 0 Å². The number of anilines is 1. The van der Waals surface area contributed by atoms with Crippen molar-refractivity contribution in [2.24, 2.45) is 16.8 Å². The quantitative estimate of drug-likeness (QED) is 0.907. The van der Waals surface area contributed by atoms with Crippen molar-refractivity contribution in [2.45, 2.75) is 6.92 Å². The van der Waals surface area contributed by atoms with Gasteiger partial charge in [0, 0.05) is 18.3 Å². The molecule has 1 aliphatic heterocycles. The molecule has 19 heavy (non-hydrogen) atoms. The van der Waals surface area contributed by atoms with E-state index in [1.165, 1.54) is 17.8 Å². The van der Waals surface area contributed by atoms with E-state index in [2.05, 4.69) is 10.3 Å². The fourth-order valence-electron chi connectivity index (χ4n) is 2.04. The molecule has 2 unspecified atom stereocenters. The van der Waals surface area contributed by atoms with Crippen molar-refractivity contribution < 1.29 is 13.6 Å². The second-order valence-electron chi connectivity index (χ2n) is 4.46. The van der Waals surface area contributed by atoms with Gasteiger partial charge in [0.05, 0.1) is 11.0 Å². The maximum absolute atomic E-state index is 13.1. The minimum atomic E-state index is -0.976. The summed E-state index contributed by atoms with van der Waals surface area (Å²) < 4.78 is 25.9. The summed E-state index contributed by atoms with van der Waals surface area (Å²) in [7, 11) is 0. The van der Waals surface area contributed by atoms with Gasteiger partial charge in [-0.15, -0.1) is 11.8 Å². The molecule has 0 fully saturated rings. The second-order valence-corrected chi connectivity index (χ2v) is 5.28. The molecule has 0 radical (unpaired) electrons. The van der Waals surface area contributed by atoms with Crippen molar-refractivity contribution in [1.29, 1.82) is 0 Å². The van der Waals surface area contributed by atoms with Gasteiger partial charge in [-0.05, 0) is 24.3 Å². The average molecular weight is 284 g/mol. The summed E-state index contributed by atoms with van der Waals surface area (Å²) in [4.78, 5) is 16.5. The highest BCUT2D eigenvalue weighted by atomic mass is 32.2. The lowest BCUT2D eigenvalue weighted by Gasteiger charge is -2.16. The van der Waals surface area contributed by atoms with Gasteiger partial charge in [-0.1, -0.05) is 6.92 Å². The van der Waals surface area contributed by atoms with Gasteiger partial charge in [0.1, 0.15) is 0 Å². The number of nitrogens with zero attached hydrogens (tertiary/aromatic N) is 1. The fourth-order valence-corrected chi connectivity index (χ4v) is 2.83. The number of rotatable bonds is 2. The number of carbonyl (C=O) groups excluding carboxylic acids is 1. The van der Waals surface area contributed by atoms with Crippen LogP contribution in [0.25, 0.3) is 0 Å². The molecule has 0 aliphatic carbocycles. The van der Waals surface area contributed by atoms with Crippen molar-refractivity contribution in [3.05, 3.63) is 29.8 Å². The van der Waals surface area contributed by atoms with Gasteiger partial charge in [-0.3, -0.25) is 9.79 Å². The first-order chi connectivity index (χ1) is 9.02. The van der Waals surface area contributed by atoms with Crippen LogP contribution in [0.5, 0.6) is 0 Å². The van der Waals surface area contributed by atoms with E-state index in [4.69, 9.17) is 0 Å². The molecule has 0 bridgehead atoms. The van der Waals surface area contributed by atoms with E-state index in [9.17, 15) is 13.6 Å². The van der Waals surface area contributed by atoms with Gasteiger partial charge >= 0.3 is 0 Å². The van der Waals surface area contributed by atoms with E-state index >= 15 is 0 Å². The van der Waals surface area contributed by atoms with Crippen LogP contribution in [0.3, 0.4) is 0 Å². The SMILES string of the molecule is CSC1=NCC(C)C1C(=O)Nc1ccc(F)c(F)c1. The summed E-state index contributed by atoms with van der Waals surface area (Å²) >= 11 is 1.44. The predicted octanol–water partition coefficient (Wildman–Crippen LogP) is 2.93.